The van der Waals surface area contributed by atoms with E-state index in [1.54, 1.807) is 49.6 Å². The van der Waals surface area contributed by atoms with E-state index in [1.807, 2.05) is 17.6 Å². The van der Waals surface area contributed by atoms with Crippen LogP contribution in [0.25, 0.3) is 11.8 Å². The lowest BCUT2D eigenvalue weighted by atomic mass is 10.0. The van der Waals surface area contributed by atoms with Gasteiger partial charge in [0.2, 0.25) is 5.78 Å². The number of hydrogen-bond donors (Lipinski definition) is 0. The Bertz CT molecular complexity index is 1100. The first-order chi connectivity index (χ1) is 13.9. The number of rotatable bonds is 6. The zero-order chi connectivity index (χ0) is 21.0. The van der Waals surface area contributed by atoms with Crippen molar-refractivity contribution in [3.63, 3.8) is 0 Å². The second-order valence-corrected chi connectivity index (χ2v) is 6.28. The van der Waals surface area contributed by atoms with Crippen LogP contribution in [0.5, 0.6) is 5.75 Å². The molecule has 7 heteroatoms. The van der Waals surface area contributed by atoms with E-state index in [4.69, 9.17) is 0 Å². The van der Waals surface area contributed by atoms with Gasteiger partial charge < -0.3 is 9.30 Å². The number of carbonyl (C=O) groups is 1. The molecule has 0 bridgehead atoms. The van der Waals surface area contributed by atoms with Crippen molar-refractivity contribution in [3.8, 4) is 17.5 Å². The number of Topliss-reactive ketones (excluding diaryl/α,β-unsaturated/α-hetero) is 1. The molecule has 146 valence electrons. The standard InChI is InChI=1S/C22H17F2N3O2/c1-14-10-20(21(28)17(12-25)11-16-4-3-9-26-13-16)15(2)27(14)18-5-7-19(8-6-18)29-22(23)24/h3-11,13,22H,1-2H3/b17-11+. The summed E-state index contributed by atoms with van der Waals surface area (Å²) in [6.45, 7) is 0.698. The number of ketones is 1. The van der Waals surface area contributed by atoms with Crippen LogP contribution in [0.4, 0.5) is 8.78 Å². The number of benzene rings is 1. The van der Waals surface area contributed by atoms with Gasteiger partial charge in [0.25, 0.3) is 0 Å². The summed E-state index contributed by atoms with van der Waals surface area (Å²) in [6.07, 6.45) is 4.67. The molecule has 0 atom stereocenters. The molecule has 1 aromatic carbocycles. The maximum Gasteiger partial charge on any atom is 0.387 e. The summed E-state index contributed by atoms with van der Waals surface area (Å²) < 4.78 is 30.8. The van der Waals surface area contributed by atoms with Gasteiger partial charge in [0, 0.05) is 35.0 Å². The van der Waals surface area contributed by atoms with Gasteiger partial charge in [0.1, 0.15) is 17.4 Å². The van der Waals surface area contributed by atoms with E-state index in [0.717, 1.165) is 5.69 Å². The Balaban J connectivity index is 1.96. The molecule has 0 amide bonds. The molecule has 2 aromatic heterocycles. The van der Waals surface area contributed by atoms with E-state index in [0.29, 0.717) is 22.5 Å². The third kappa shape index (κ3) is 4.38. The highest BCUT2D eigenvalue weighted by atomic mass is 19.3. The molecule has 0 unspecified atom stereocenters. The van der Waals surface area contributed by atoms with E-state index in [1.165, 1.54) is 18.2 Å². The highest BCUT2D eigenvalue weighted by Crippen LogP contribution is 2.25. The van der Waals surface area contributed by atoms with Crippen LogP contribution >= 0.6 is 0 Å². The van der Waals surface area contributed by atoms with Gasteiger partial charge in [-0.15, -0.1) is 0 Å². The molecular formula is C22H17F2N3O2. The molecule has 0 aliphatic rings. The van der Waals surface area contributed by atoms with Crippen LogP contribution in [0.3, 0.4) is 0 Å². The third-order valence-corrected chi connectivity index (χ3v) is 4.36. The number of alkyl halides is 2. The minimum absolute atomic E-state index is 0.000990. The number of hydrogen-bond acceptors (Lipinski definition) is 4. The molecule has 0 aliphatic carbocycles. The Labute approximate surface area is 166 Å². The Morgan fingerprint density at radius 1 is 1.24 bits per heavy atom. The fourth-order valence-corrected chi connectivity index (χ4v) is 3.09. The summed E-state index contributed by atoms with van der Waals surface area (Å²) >= 11 is 0. The minimum atomic E-state index is -2.89. The molecule has 5 nitrogen and oxygen atoms in total. The predicted molar refractivity (Wildman–Crippen MR) is 104 cm³/mol. The van der Waals surface area contributed by atoms with Crippen molar-refractivity contribution in [1.82, 2.24) is 9.55 Å². The topological polar surface area (TPSA) is 67.9 Å². The molecule has 3 rings (SSSR count). The molecule has 0 saturated carbocycles. The lowest BCUT2D eigenvalue weighted by molar-refractivity contribution is -0.0498. The first kappa shape index (κ1) is 20.0. The monoisotopic (exact) mass is 393 g/mol. The third-order valence-electron chi connectivity index (χ3n) is 4.36. The summed E-state index contributed by atoms with van der Waals surface area (Å²) in [7, 11) is 0. The molecule has 0 saturated heterocycles. The van der Waals surface area contributed by atoms with Crippen LogP contribution in [-0.4, -0.2) is 21.9 Å². The maximum absolute atomic E-state index is 12.9. The Morgan fingerprint density at radius 2 is 1.97 bits per heavy atom. The van der Waals surface area contributed by atoms with Gasteiger partial charge in [-0.1, -0.05) is 6.07 Å². The van der Waals surface area contributed by atoms with Gasteiger partial charge in [-0.05, 0) is 61.9 Å². The Hall–Kier alpha value is -3.79. The maximum atomic E-state index is 12.9. The van der Waals surface area contributed by atoms with Gasteiger partial charge in [0.15, 0.2) is 0 Å². The fourth-order valence-electron chi connectivity index (χ4n) is 3.09. The Kier molecular flexibility index (Phi) is 5.84. The van der Waals surface area contributed by atoms with Crippen molar-refractivity contribution in [2.45, 2.75) is 20.5 Å². The van der Waals surface area contributed by atoms with Gasteiger partial charge in [-0.3, -0.25) is 9.78 Å². The minimum Gasteiger partial charge on any atom is -0.435 e. The largest absolute Gasteiger partial charge is 0.435 e. The van der Waals surface area contributed by atoms with Crippen LogP contribution in [0.1, 0.15) is 27.3 Å². The van der Waals surface area contributed by atoms with Crippen molar-refractivity contribution in [3.05, 3.63) is 82.9 Å². The number of halogens is 2. The molecule has 3 aromatic rings. The van der Waals surface area contributed by atoms with Gasteiger partial charge in [-0.2, -0.15) is 14.0 Å². The summed E-state index contributed by atoms with van der Waals surface area (Å²) in [5, 5.41) is 9.46. The summed E-state index contributed by atoms with van der Waals surface area (Å²) in [4.78, 5) is 16.9. The van der Waals surface area contributed by atoms with E-state index in [2.05, 4.69) is 9.72 Å². The van der Waals surface area contributed by atoms with Crippen molar-refractivity contribution in [2.24, 2.45) is 0 Å². The van der Waals surface area contributed by atoms with Crippen LogP contribution in [0, 0.1) is 25.2 Å². The van der Waals surface area contributed by atoms with E-state index in [9.17, 15) is 18.8 Å². The number of allylic oxidation sites excluding steroid dienone is 1. The molecular weight excluding hydrogens is 376 g/mol. The highest BCUT2D eigenvalue weighted by Gasteiger charge is 2.20. The SMILES string of the molecule is Cc1cc(C(=O)/C(C#N)=C/c2cccnc2)c(C)n1-c1ccc(OC(F)F)cc1. The molecule has 0 spiro atoms. The zero-order valence-electron chi connectivity index (χ0n) is 15.8. The number of pyridine rings is 1. The predicted octanol–water partition coefficient (Wildman–Crippen LogP) is 4.88. The van der Waals surface area contributed by atoms with Gasteiger partial charge in [-0.25, -0.2) is 0 Å². The second kappa shape index (κ2) is 8.48. The molecule has 0 fully saturated rings. The van der Waals surface area contributed by atoms with Crippen molar-refractivity contribution in [2.75, 3.05) is 0 Å². The number of aromatic nitrogens is 2. The first-order valence-electron chi connectivity index (χ1n) is 8.71. The second-order valence-electron chi connectivity index (χ2n) is 6.28. The molecule has 0 radical (unpaired) electrons. The molecule has 29 heavy (non-hydrogen) atoms. The van der Waals surface area contributed by atoms with E-state index in [-0.39, 0.29) is 11.3 Å². The average Bonchev–Trinajstić information content (AvgIpc) is 3.01. The van der Waals surface area contributed by atoms with Gasteiger partial charge >= 0.3 is 6.61 Å². The lowest BCUT2D eigenvalue weighted by Gasteiger charge is -2.11. The zero-order valence-corrected chi connectivity index (χ0v) is 15.8. The molecule has 0 N–H and O–H groups in total. The highest BCUT2D eigenvalue weighted by molar-refractivity contribution is 6.14. The fraction of sp³-hybridized carbons (Fsp3) is 0.136. The average molecular weight is 393 g/mol. The van der Waals surface area contributed by atoms with E-state index >= 15 is 0 Å². The quantitative estimate of drug-likeness (QED) is 0.340. The summed E-state index contributed by atoms with van der Waals surface area (Å²) in [5.41, 5.74) is 3.15. The normalized spacial score (nSPS) is 11.4. The van der Waals surface area contributed by atoms with Crippen LogP contribution in [0.2, 0.25) is 0 Å². The molecule has 2 heterocycles. The van der Waals surface area contributed by atoms with Crippen LogP contribution in [0.15, 0.2) is 60.4 Å². The number of aryl methyl sites for hydroxylation is 1. The van der Waals surface area contributed by atoms with Crippen LogP contribution in [-0.2, 0) is 0 Å². The lowest BCUT2D eigenvalue weighted by Crippen LogP contribution is -2.06. The van der Waals surface area contributed by atoms with Crippen molar-refractivity contribution in [1.29, 1.82) is 5.26 Å². The smallest absolute Gasteiger partial charge is 0.387 e. The number of nitrogens with zero attached hydrogens (tertiary/aromatic N) is 3. The van der Waals surface area contributed by atoms with Crippen molar-refractivity contribution >= 4 is 11.9 Å². The summed E-state index contributed by atoms with van der Waals surface area (Å²) in [6, 6.07) is 13.3. The van der Waals surface area contributed by atoms with Gasteiger partial charge in [0.05, 0.1) is 0 Å². The number of nitriles is 1. The van der Waals surface area contributed by atoms with E-state index < -0.39 is 12.4 Å². The van der Waals surface area contributed by atoms with Crippen LogP contribution < -0.4 is 4.74 Å². The molecule has 0 aliphatic heterocycles. The number of ether oxygens (including phenoxy) is 1. The Morgan fingerprint density at radius 3 is 2.55 bits per heavy atom. The van der Waals surface area contributed by atoms with Crippen molar-refractivity contribution < 1.29 is 18.3 Å². The first-order valence-corrected chi connectivity index (χ1v) is 8.71. The summed E-state index contributed by atoms with van der Waals surface area (Å²) in [5.74, 6) is -0.345. The number of carbonyl (C=O) groups excluding carboxylic acids is 1.